The molecule has 0 atom stereocenters. The van der Waals surface area contributed by atoms with Gasteiger partial charge in [0, 0.05) is 22.3 Å². The van der Waals surface area contributed by atoms with Crippen LogP contribution < -0.4 is 0 Å². The normalized spacial score (nSPS) is 13.9. The molecular weight excluding hydrogens is 408 g/mol. The van der Waals surface area contributed by atoms with Gasteiger partial charge in [0.15, 0.2) is 0 Å². The fourth-order valence-electron chi connectivity index (χ4n) is 2.96. The summed E-state index contributed by atoms with van der Waals surface area (Å²) >= 11 is 0. The van der Waals surface area contributed by atoms with Gasteiger partial charge in [-0.15, -0.1) is 0 Å². The van der Waals surface area contributed by atoms with Crippen molar-refractivity contribution in [2.45, 2.75) is 37.5 Å². The molecule has 1 aromatic carbocycles. The number of aliphatic hydroxyl groups is 4. The second kappa shape index (κ2) is 7.73. The van der Waals surface area contributed by atoms with E-state index in [4.69, 9.17) is 20.4 Å². The van der Waals surface area contributed by atoms with Crippen LogP contribution in [-0.4, -0.2) is 46.9 Å². The van der Waals surface area contributed by atoms with Crippen LogP contribution in [0.15, 0.2) is 0 Å². The van der Waals surface area contributed by atoms with E-state index in [1.54, 1.807) is 0 Å². The van der Waals surface area contributed by atoms with Crippen LogP contribution in [0.3, 0.4) is 0 Å². The van der Waals surface area contributed by atoms with Gasteiger partial charge in [-0.05, 0) is 25.0 Å². The molecule has 0 spiro atoms. The first-order chi connectivity index (χ1) is 12.6. The molecule has 4 nitrogen and oxygen atoms in total. The number of hydrogen-bond acceptors (Lipinski definition) is 4. The van der Waals surface area contributed by atoms with Gasteiger partial charge in [0.1, 0.15) is 26.4 Å². The largest absolute Gasteiger partial charge is 0.390 e. The number of alkyl halides is 8. The van der Waals surface area contributed by atoms with Crippen molar-refractivity contribution in [1.82, 2.24) is 0 Å². The van der Waals surface area contributed by atoms with Gasteiger partial charge in [0.25, 0.3) is 23.7 Å². The molecule has 0 aliphatic heterocycles. The van der Waals surface area contributed by atoms with Gasteiger partial charge in [0.2, 0.25) is 0 Å². The van der Waals surface area contributed by atoms with E-state index in [0.717, 1.165) is 0 Å². The second-order valence-corrected chi connectivity index (χ2v) is 6.20. The van der Waals surface area contributed by atoms with Gasteiger partial charge in [-0.25, -0.2) is 0 Å². The van der Waals surface area contributed by atoms with Crippen molar-refractivity contribution in [2.24, 2.45) is 0 Å². The average Bonchev–Trinajstić information content (AvgIpc) is 2.62. The first-order valence-electron chi connectivity index (χ1n) is 7.69. The minimum Gasteiger partial charge on any atom is -0.390 e. The molecule has 0 saturated heterocycles. The Bertz CT molecular complexity index is 673. The zero-order chi connectivity index (χ0) is 22.3. The first-order valence-corrected chi connectivity index (χ1v) is 7.69. The van der Waals surface area contributed by atoms with E-state index in [1.807, 2.05) is 0 Å². The van der Waals surface area contributed by atoms with E-state index in [1.165, 1.54) is 0 Å². The molecule has 0 aromatic heterocycles. The molecule has 12 heteroatoms. The lowest BCUT2D eigenvalue weighted by Crippen LogP contribution is -2.38. The number of aliphatic hydroxyl groups excluding tert-OH is 4. The average molecular weight is 426 g/mol. The second-order valence-electron chi connectivity index (χ2n) is 6.20. The minimum atomic E-state index is -4.87. The Morgan fingerprint density at radius 2 is 0.643 bits per heavy atom. The highest BCUT2D eigenvalue weighted by Crippen LogP contribution is 2.51. The SMILES string of the molecule is Cc1c(C)c(C(F)(F)CO)c(C(F)(F)CO)c(C(F)(F)CO)c1C(F)(F)CO. The number of benzene rings is 1. The van der Waals surface area contributed by atoms with Gasteiger partial charge in [-0.1, -0.05) is 0 Å². The molecule has 0 heterocycles. The first kappa shape index (κ1) is 24.5. The molecule has 1 rings (SSSR count). The molecule has 28 heavy (non-hydrogen) atoms. The van der Waals surface area contributed by atoms with Crippen molar-refractivity contribution in [2.75, 3.05) is 26.4 Å². The lowest BCUT2D eigenvalue weighted by Gasteiger charge is -2.34. The number of hydrogen-bond donors (Lipinski definition) is 4. The summed E-state index contributed by atoms with van der Waals surface area (Å²) < 4.78 is 114. The van der Waals surface area contributed by atoms with Crippen LogP contribution in [-0.2, 0) is 23.7 Å². The van der Waals surface area contributed by atoms with E-state index < -0.39 is 83.5 Å². The quantitative estimate of drug-likeness (QED) is 0.482. The molecule has 0 saturated carbocycles. The van der Waals surface area contributed by atoms with Crippen LogP contribution in [0.2, 0.25) is 0 Å². The van der Waals surface area contributed by atoms with Crippen molar-refractivity contribution in [3.05, 3.63) is 33.4 Å². The van der Waals surface area contributed by atoms with E-state index in [-0.39, 0.29) is 0 Å². The third-order valence-electron chi connectivity index (χ3n) is 4.32. The molecule has 162 valence electrons. The summed E-state index contributed by atoms with van der Waals surface area (Å²) in [6.07, 6.45) is 0. The van der Waals surface area contributed by atoms with Crippen LogP contribution in [0.5, 0.6) is 0 Å². The van der Waals surface area contributed by atoms with E-state index in [0.29, 0.717) is 13.8 Å². The monoisotopic (exact) mass is 426 g/mol. The third-order valence-corrected chi connectivity index (χ3v) is 4.32. The maximum Gasteiger partial charge on any atom is 0.296 e. The smallest absolute Gasteiger partial charge is 0.296 e. The van der Waals surface area contributed by atoms with Crippen molar-refractivity contribution in [3.63, 3.8) is 0 Å². The highest BCUT2D eigenvalue weighted by atomic mass is 19.3. The molecule has 0 amide bonds. The minimum absolute atomic E-state index is 0.670. The molecule has 0 unspecified atom stereocenters. The van der Waals surface area contributed by atoms with E-state index >= 15 is 0 Å². The van der Waals surface area contributed by atoms with Gasteiger partial charge in [-0.2, -0.15) is 35.1 Å². The zero-order valence-corrected chi connectivity index (χ0v) is 14.6. The van der Waals surface area contributed by atoms with E-state index in [9.17, 15) is 35.1 Å². The Labute approximate surface area is 154 Å². The predicted octanol–water partition coefficient (Wildman–Crippen LogP) is 2.64. The fraction of sp³-hybridized carbons (Fsp3) is 0.625. The molecule has 4 N–H and O–H groups in total. The predicted molar refractivity (Wildman–Crippen MR) is 79.8 cm³/mol. The summed E-state index contributed by atoms with van der Waals surface area (Å²) in [5.41, 5.74) is -10.3. The molecule has 0 fully saturated rings. The number of rotatable bonds is 8. The Morgan fingerprint density at radius 3 is 0.821 bits per heavy atom. The standard InChI is InChI=1S/C16H18F8O4/c1-7-8(2)10(14(19,20)4-26)12(16(23,24)6-28)11(15(21,22)5-27)9(7)13(17,18)3-25/h25-28H,3-6H2,1-2H3. The van der Waals surface area contributed by atoms with Crippen LogP contribution in [0.4, 0.5) is 35.1 Å². The van der Waals surface area contributed by atoms with Gasteiger partial charge >= 0.3 is 0 Å². The molecule has 0 bridgehead atoms. The van der Waals surface area contributed by atoms with Crippen molar-refractivity contribution < 1.29 is 55.5 Å². The summed E-state index contributed by atoms with van der Waals surface area (Å²) in [5, 5.41) is 35.5. The van der Waals surface area contributed by atoms with Crippen LogP contribution in [0.1, 0.15) is 33.4 Å². The molecule has 0 radical (unpaired) electrons. The van der Waals surface area contributed by atoms with E-state index in [2.05, 4.69) is 0 Å². The molecule has 0 aliphatic rings. The topological polar surface area (TPSA) is 80.9 Å². The van der Waals surface area contributed by atoms with Gasteiger partial charge < -0.3 is 20.4 Å². The van der Waals surface area contributed by atoms with Crippen molar-refractivity contribution in [3.8, 4) is 0 Å². The summed E-state index contributed by atoms with van der Waals surface area (Å²) in [7, 11) is 0. The summed E-state index contributed by atoms with van der Waals surface area (Å²) in [6.45, 7) is -7.51. The lowest BCUT2D eigenvalue weighted by atomic mass is 9.78. The van der Waals surface area contributed by atoms with Gasteiger partial charge in [0.05, 0.1) is 0 Å². The number of halogens is 8. The van der Waals surface area contributed by atoms with Crippen LogP contribution in [0.25, 0.3) is 0 Å². The van der Waals surface area contributed by atoms with Crippen LogP contribution >= 0.6 is 0 Å². The van der Waals surface area contributed by atoms with Crippen LogP contribution in [0, 0.1) is 13.8 Å². The fourth-order valence-corrected chi connectivity index (χ4v) is 2.96. The summed E-state index contributed by atoms with van der Waals surface area (Å²) in [6, 6.07) is 0. The lowest BCUT2D eigenvalue weighted by molar-refractivity contribution is -0.0986. The third kappa shape index (κ3) is 3.95. The highest BCUT2D eigenvalue weighted by molar-refractivity contribution is 5.57. The molecular formula is C16H18F8O4. The highest BCUT2D eigenvalue weighted by Gasteiger charge is 2.54. The summed E-state index contributed by atoms with van der Waals surface area (Å²) in [4.78, 5) is 0. The maximum absolute atomic E-state index is 14.3. The Kier molecular flexibility index (Phi) is 6.77. The Balaban J connectivity index is 4.46. The Morgan fingerprint density at radius 1 is 0.464 bits per heavy atom. The van der Waals surface area contributed by atoms with Gasteiger partial charge in [-0.3, -0.25) is 0 Å². The van der Waals surface area contributed by atoms with Crippen molar-refractivity contribution in [1.29, 1.82) is 0 Å². The molecule has 0 aliphatic carbocycles. The summed E-state index contributed by atoms with van der Waals surface area (Å²) in [5.74, 6) is -18.9. The maximum atomic E-state index is 14.3. The zero-order valence-electron chi connectivity index (χ0n) is 14.6. The van der Waals surface area contributed by atoms with Crippen molar-refractivity contribution >= 4 is 0 Å². The molecule has 1 aromatic rings. The Hall–Kier alpha value is -1.50.